The molecule has 18 heavy (non-hydrogen) atoms. The van der Waals surface area contributed by atoms with Crippen molar-refractivity contribution >= 4 is 5.97 Å². The first-order valence-corrected chi connectivity index (χ1v) is 7.39. The summed E-state index contributed by atoms with van der Waals surface area (Å²) in [4.78, 5) is 11.3. The molecule has 3 unspecified atom stereocenters. The molecule has 3 nitrogen and oxygen atoms in total. The molecule has 1 aliphatic rings. The Morgan fingerprint density at radius 2 is 1.94 bits per heavy atom. The second kappa shape index (κ2) is 7.13. The molecular formula is C15H29NO2. The Kier molecular flexibility index (Phi) is 6.13. The number of nitrogens with one attached hydrogen (secondary N) is 1. The number of carbonyl (C=O) groups is 1. The SMILES string of the molecule is CC(C)CC(NC1CCCC(C(C)C)C1)C(=O)O. The third kappa shape index (κ3) is 4.97. The van der Waals surface area contributed by atoms with Gasteiger partial charge in [0.15, 0.2) is 0 Å². The predicted molar refractivity (Wildman–Crippen MR) is 74.6 cm³/mol. The molecule has 0 amide bonds. The lowest BCUT2D eigenvalue weighted by Crippen LogP contribution is -2.46. The molecule has 1 rings (SSSR count). The van der Waals surface area contributed by atoms with E-state index in [1.165, 1.54) is 12.8 Å². The third-order valence-electron chi connectivity index (χ3n) is 4.10. The Bertz CT molecular complexity index is 263. The average molecular weight is 255 g/mol. The fourth-order valence-electron chi connectivity index (χ4n) is 2.98. The van der Waals surface area contributed by atoms with Crippen LogP contribution in [0.15, 0.2) is 0 Å². The van der Waals surface area contributed by atoms with Gasteiger partial charge in [0, 0.05) is 6.04 Å². The summed E-state index contributed by atoms with van der Waals surface area (Å²) < 4.78 is 0. The minimum atomic E-state index is -0.699. The standard InChI is InChI=1S/C15H29NO2/c1-10(2)8-14(15(17)18)16-13-7-5-6-12(9-13)11(3)4/h10-14,16H,5-9H2,1-4H3,(H,17,18). The van der Waals surface area contributed by atoms with Crippen molar-refractivity contribution in [3.05, 3.63) is 0 Å². The maximum atomic E-state index is 11.3. The van der Waals surface area contributed by atoms with E-state index in [0.29, 0.717) is 17.9 Å². The zero-order chi connectivity index (χ0) is 13.7. The lowest BCUT2D eigenvalue weighted by molar-refractivity contribution is -0.140. The highest BCUT2D eigenvalue weighted by Crippen LogP contribution is 2.30. The predicted octanol–water partition coefficient (Wildman–Crippen LogP) is 3.29. The summed E-state index contributed by atoms with van der Waals surface area (Å²) >= 11 is 0. The van der Waals surface area contributed by atoms with Gasteiger partial charge in [0.1, 0.15) is 6.04 Å². The molecule has 0 aliphatic heterocycles. The fourth-order valence-corrected chi connectivity index (χ4v) is 2.98. The molecule has 2 N–H and O–H groups in total. The molecule has 0 spiro atoms. The van der Waals surface area contributed by atoms with Crippen LogP contribution in [0.25, 0.3) is 0 Å². The number of rotatable bonds is 6. The highest BCUT2D eigenvalue weighted by atomic mass is 16.4. The summed E-state index contributed by atoms with van der Waals surface area (Å²) in [5, 5.41) is 12.6. The van der Waals surface area contributed by atoms with Gasteiger partial charge in [-0.1, -0.05) is 40.5 Å². The van der Waals surface area contributed by atoms with Crippen LogP contribution in [0.4, 0.5) is 0 Å². The molecule has 1 fully saturated rings. The van der Waals surface area contributed by atoms with Gasteiger partial charge >= 0.3 is 5.97 Å². The van der Waals surface area contributed by atoms with Crippen molar-refractivity contribution < 1.29 is 9.90 Å². The first kappa shape index (κ1) is 15.5. The molecule has 106 valence electrons. The van der Waals surface area contributed by atoms with Crippen molar-refractivity contribution in [2.45, 2.75) is 71.9 Å². The van der Waals surface area contributed by atoms with E-state index in [1.54, 1.807) is 0 Å². The fraction of sp³-hybridized carbons (Fsp3) is 0.933. The third-order valence-corrected chi connectivity index (χ3v) is 4.10. The van der Waals surface area contributed by atoms with E-state index in [0.717, 1.165) is 25.2 Å². The van der Waals surface area contributed by atoms with Crippen LogP contribution in [0.5, 0.6) is 0 Å². The molecule has 1 saturated carbocycles. The second-order valence-corrected chi connectivity index (χ2v) is 6.55. The van der Waals surface area contributed by atoms with Gasteiger partial charge in [-0.25, -0.2) is 0 Å². The Hall–Kier alpha value is -0.570. The molecule has 3 heteroatoms. The molecule has 0 heterocycles. The molecule has 0 saturated heterocycles. The Balaban J connectivity index is 2.50. The van der Waals surface area contributed by atoms with E-state index in [2.05, 4.69) is 33.0 Å². The van der Waals surface area contributed by atoms with Crippen molar-refractivity contribution in [1.29, 1.82) is 0 Å². The number of hydrogen-bond acceptors (Lipinski definition) is 2. The number of carboxylic acids is 1. The topological polar surface area (TPSA) is 49.3 Å². The summed E-state index contributed by atoms with van der Waals surface area (Å²) in [7, 11) is 0. The number of hydrogen-bond donors (Lipinski definition) is 2. The highest BCUT2D eigenvalue weighted by Gasteiger charge is 2.28. The van der Waals surface area contributed by atoms with Crippen LogP contribution in [0.3, 0.4) is 0 Å². The Labute approximate surface area is 111 Å². The van der Waals surface area contributed by atoms with Gasteiger partial charge in [-0.15, -0.1) is 0 Å². The Morgan fingerprint density at radius 3 is 2.44 bits per heavy atom. The van der Waals surface area contributed by atoms with Gasteiger partial charge in [0.25, 0.3) is 0 Å². The van der Waals surface area contributed by atoms with Crippen molar-refractivity contribution in [3.63, 3.8) is 0 Å². The molecule has 0 aromatic heterocycles. The summed E-state index contributed by atoms with van der Waals surface area (Å²) in [6.45, 7) is 8.70. The van der Waals surface area contributed by atoms with Crippen LogP contribution in [0.1, 0.15) is 59.8 Å². The van der Waals surface area contributed by atoms with Crippen LogP contribution in [0, 0.1) is 17.8 Å². The summed E-state index contributed by atoms with van der Waals surface area (Å²) in [6.07, 6.45) is 5.52. The first-order valence-electron chi connectivity index (χ1n) is 7.39. The van der Waals surface area contributed by atoms with Crippen LogP contribution in [-0.4, -0.2) is 23.2 Å². The van der Waals surface area contributed by atoms with Gasteiger partial charge in [0.05, 0.1) is 0 Å². The lowest BCUT2D eigenvalue weighted by atomic mass is 9.79. The van der Waals surface area contributed by atoms with Gasteiger partial charge in [-0.2, -0.15) is 0 Å². The van der Waals surface area contributed by atoms with Gasteiger partial charge in [0.2, 0.25) is 0 Å². The van der Waals surface area contributed by atoms with E-state index in [1.807, 2.05) is 0 Å². The van der Waals surface area contributed by atoms with E-state index in [9.17, 15) is 9.90 Å². The van der Waals surface area contributed by atoms with Crippen LogP contribution < -0.4 is 5.32 Å². The second-order valence-electron chi connectivity index (χ2n) is 6.55. The molecular weight excluding hydrogens is 226 g/mol. The van der Waals surface area contributed by atoms with Crippen molar-refractivity contribution in [1.82, 2.24) is 5.32 Å². The molecule has 0 aromatic rings. The van der Waals surface area contributed by atoms with E-state index in [-0.39, 0.29) is 6.04 Å². The lowest BCUT2D eigenvalue weighted by Gasteiger charge is -2.34. The minimum absolute atomic E-state index is 0.374. The molecule has 1 aliphatic carbocycles. The quantitative estimate of drug-likeness (QED) is 0.765. The summed E-state index contributed by atoms with van der Waals surface area (Å²) in [5.74, 6) is 1.19. The highest BCUT2D eigenvalue weighted by molar-refractivity contribution is 5.73. The van der Waals surface area contributed by atoms with E-state index in [4.69, 9.17) is 0 Å². The first-order chi connectivity index (χ1) is 8.40. The molecule has 0 radical (unpaired) electrons. The Morgan fingerprint density at radius 1 is 1.28 bits per heavy atom. The van der Waals surface area contributed by atoms with Gasteiger partial charge in [-0.3, -0.25) is 4.79 Å². The van der Waals surface area contributed by atoms with Crippen LogP contribution in [-0.2, 0) is 4.79 Å². The maximum absolute atomic E-state index is 11.3. The number of aliphatic carboxylic acids is 1. The van der Waals surface area contributed by atoms with Crippen LogP contribution in [0.2, 0.25) is 0 Å². The summed E-state index contributed by atoms with van der Waals surface area (Å²) in [6, 6.07) is 0.0203. The van der Waals surface area contributed by atoms with Crippen molar-refractivity contribution in [2.75, 3.05) is 0 Å². The van der Waals surface area contributed by atoms with Gasteiger partial charge in [-0.05, 0) is 37.0 Å². The molecule has 0 bridgehead atoms. The zero-order valence-electron chi connectivity index (χ0n) is 12.3. The number of carboxylic acid groups (broad SMARTS) is 1. The zero-order valence-corrected chi connectivity index (χ0v) is 12.3. The molecule has 3 atom stereocenters. The molecule has 0 aromatic carbocycles. The van der Waals surface area contributed by atoms with E-state index >= 15 is 0 Å². The normalized spacial score (nSPS) is 26.6. The monoisotopic (exact) mass is 255 g/mol. The smallest absolute Gasteiger partial charge is 0.320 e. The maximum Gasteiger partial charge on any atom is 0.320 e. The van der Waals surface area contributed by atoms with Gasteiger partial charge < -0.3 is 10.4 Å². The average Bonchev–Trinajstić information content (AvgIpc) is 2.27. The summed E-state index contributed by atoms with van der Waals surface area (Å²) in [5.41, 5.74) is 0. The van der Waals surface area contributed by atoms with Crippen LogP contribution >= 0.6 is 0 Å². The largest absolute Gasteiger partial charge is 0.480 e. The van der Waals surface area contributed by atoms with E-state index < -0.39 is 5.97 Å². The van der Waals surface area contributed by atoms with Crippen molar-refractivity contribution in [2.24, 2.45) is 17.8 Å². The van der Waals surface area contributed by atoms with Crippen molar-refractivity contribution in [3.8, 4) is 0 Å². The minimum Gasteiger partial charge on any atom is -0.480 e.